The zero-order chi connectivity index (χ0) is 18.6. The first-order valence-electron chi connectivity index (χ1n) is 8.88. The van der Waals surface area contributed by atoms with Crippen LogP contribution in [0.15, 0.2) is 34.0 Å². The van der Waals surface area contributed by atoms with Crippen molar-refractivity contribution in [2.45, 2.75) is 13.1 Å². The summed E-state index contributed by atoms with van der Waals surface area (Å²) >= 11 is 6.26. The molecule has 144 valence electrons. The molecule has 2 aliphatic heterocycles. The van der Waals surface area contributed by atoms with Gasteiger partial charge in [0.2, 0.25) is 6.79 Å². The minimum atomic E-state index is 0.215. The number of nitrogens with zero attached hydrogens (tertiary/aromatic N) is 4. The lowest BCUT2D eigenvalue weighted by Crippen LogP contribution is -2.52. The van der Waals surface area contributed by atoms with Crippen molar-refractivity contribution in [2.24, 2.45) is 4.99 Å². The molecule has 8 nitrogen and oxygen atoms in total. The molecule has 0 spiro atoms. The summed E-state index contributed by atoms with van der Waals surface area (Å²) in [4.78, 5) is 9.04. The van der Waals surface area contributed by atoms with Crippen LogP contribution in [-0.2, 0) is 13.1 Å². The average Bonchev–Trinajstić information content (AvgIpc) is 3.35. The third kappa shape index (κ3) is 4.12. The molecule has 0 aliphatic carbocycles. The second-order valence-electron chi connectivity index (χ2n) is 6.47. The van der Waals surface area contributed by atoms with E-state index in [1.165, 1.54) is 0 Å². The Kier molecular flexibility index (Phi) is 5.35. The zero-order valence-electron chi connectivity index (χ0n) is 15.2. The zero-order valence-corrected chi connectivity index (χ0v) is 15.9. The molecule has 3 heterocycles. The normalized spacial score (nSPS) is 17.4. The molecule has 0 amide bonds. The van der Waals surface area contributed by atoms with Gasteiger partial charge in [0.05, 0.1) is 10.7 Å². The minimum absolute atomic E-state index is 0.215. The molecular formula is C18H22ClN5O3. The minimum Gasteiger partial charge on any atom is -0.454 e. The van der Waals surface area contributed by atoms with Crippen LogP contribution in [0.1, 0.15) is 11.3 Å². The monoisotopic (exact) mass is 391 g/mol. The van der Waals surface area contributed by atoms with Crippen molar-refractivity contribution in [3.63, 3.8) is 0 Å². The Bertz CT molecular complexity index is 804. The number of aliphatic imine (C=N–C) groups is 1. The number of halogens is 1. The maximum absolute atomic E-state index is 6.26. The summed E-state index contributed by atoms with van der Waals surface area (Å²) in [5, 5.41) is 7.96. The van der Waals surface area contributed by atoms with E-state index in [0.717, 1.165) is 49.9 Å². The van der Waals surface area contributed by atoms with Crippen LogP contribution < -0.4 is 14.8 Å². The van der Waals surface area contributed by atoms with Crippen molar-refractivity contribution >= 4 is 17.6 Å². The van der Waals surface area contributed by atoms with Gasteiger partial charge in [0.1, 0.15) is 6.26 Å². The fraction of sp³-hybridized carbons (Fsp3) is 0.444. The summed E-state index contributed by atoms with van der Waals surface area (Å²) in [6, 6.07) is 5.75. The third-order valence-corrected chi connectivity index (χ3v) is 4.98. The van der Waals surface area contributed by atoms with E-state index < -0.39 is 0 Å². The van der Waals surface area contributed by atoms with Crippen molar-refractivity contribution in [1.29, 1.82) is 0 Å². The number of piperazine rings is 1. The molecule has 2 aliphatic rings. The predicted molar refractivity (Wildman–Crippen MR) is 101 cm³/mol. The molecule has 2 aromatic rings. The smallest absolute Gasteiger partial charge is 0.231 e. The quantitative estimate of drug-likeness (QED) is 0.630. The van der Waals surface area contributed by atoms with E-state index in [2.05, 4.69) is 25.3 Å². The summed E-state index contributed by atoms with van der Waals surface area (Å²) in [5.74, 6) is 2.19. The lowest BCUT2D eigenvalue weighted by Gasteiger charge is -2.36. The van der Waals surface area contributed by atoms with Crippen LogP contribution in [0.4, 0.5) is 0 Å². The Labute approximate surface area is 162 Å². The third-order valence-electron chi connectivity index (χ3n) is 4.70. The highest BCUT2D eigenvalue weighted by Crippen LogP contribution is 2.39. The number of nitrogens with one attached hydrogen (secondary N) is 1. The van der Waals surface area contributed by atoms with Crippen molar-refractivity contribution in [3.8, 4) is 11.5 Å². The Morgan fingerprint density at radius 3 is 2.85 bits per heavy atom. The van der Waals surface area contributed by atoms with Crippen molar-refractivity contribution in [3.05, 3.63) is 40.7 Å². The van der Waals surface area contributed by atoms with Gasteiger partial charge in [-0.2, -0.15) is 0 Å². The summed E-state index contributed by atoms with van der Waals surface area (Å²) in [7, 11) is 1.80. The lowest BCUT2D eigenvalue weighted by molar-refractivity contribution is 0.169. The SMILES string of the molecule is CN=C(NCc1cc(Cl)c2c(c1)OCO2)N1CCN(Cc2ccon2)CC1. The molecular weight excluding hydrogens is 370 g/mol. The highest BCUT2D eigenvalue weighted by atomic mass is 35.5. The summed E-state index contributed by atoms with van der Waals surface area (Å²) in [5.41, 5.74) is 1.99. The summed E-state index contributed by atoms with van der Waals surface area (Å²) in [6.45, 7) is 5.34. The number of ether oxygens (including phenoxy) is 2. The molecule has 1 aromatic heterocycles. The number of benzene rings is 1. The van der Waals surface area contributed by atoms with Crippen molar-refractivity contribution in [2.75, 3.05) is 40.0 Å². The van der Waals surface area contributed by atoms with Gasteiger partial charge in [0, 0.05) is 52.4 Å². The topological polar surface area (TPSA) is 75.4 Å². The number of fused-ring (bicyclic) bond motifs is 1. The Morgan fingerprint density at radius 2 is 2.11 bits per heavy atom. The molecule has 9 heteroatoms. The molecule has 4 rings (SSSR count). The summed E-state index contributed by atoms with van der Waals surface area (Å²) < 4.78 is 15.7. The molecule has 1 N–H and O–H groups in total. The maximum Gasteiger partial charge on any atom is 0.231 e. The first-order valence-corrected chi connectivity index (χ1v) is 9.26. The van der Waals surface area contributed by atoms with E-state index >= 15 is 0 Å². The fourth-order valence-electron chi connectivity index (χ4n) is 3.30. The van der Waals surface area contributed by atoms with E-state index in [1.54, 1.807) is 13.3 Å². The highest BCUT2D eigenvalue weighted by molar-refractivity contribution is 6.32. The Hall–Kier alpha value is -2.45. The van der Waals surface area contributed by atoms with Crippen LogP contribution in [0.5, 0.6) is 11.5 Å². The van der Waals surface area contributed by atoms with Crippen molar-refractivity contribution < 1.29 is 14.0 Å². The van der Waals surface area contributed by atoms with Gasteiger partial charge in [-0.3, -0.25) is 9.89 Å². The van der Waals surface area contributed by atoms with Crippen LogP contribution in [0.25, 0.3) is 0 Å². The van der Waals surface area contributed by atoms with Crippen LogP contribution in [-0.4, -0.2) is 60.9 Å². The summed E-state index contributed by atoms with van der Waals surface area (Å²) in [6.07, 6.45) is 1.61. The van der Waals surface area contributed by atoms with Crippen molar-refractivity contribution in [1.82, 2.24) is 20.3 Å². The Balaban J connectivity index is 1.31. The van der Waals surface area contributed by atoms with Gasteiger partial charge in [-0.05, 0) is 17.7 Å². The van der Waals surface area contributed by atoms with Gasteiger partial charge in [0.15, 0.2) is 17.5 Å². The van der Waals surface area contributed by atoms with Crippen LogP contribution in [0.2, 0.25) is 5.02 Å². The number of rotatable bonds is 4. The molecule has 0 saturated carbocycles. The van der Waals surface area contributed by atoms with E-state index in [0.29, 0.717) is 23.1 Å². The average molecular weight is 392 g/mol. The molecule has 27 heavy (non-hydrogen) atoms. The van der Waals surface area contributed by atoms with E-state index in [1.807, 2.05) is 18.2 Å². The number of aromatic nitrogens is 1. The maximum atomic E-state index is 6.26. The molecule has 1 fully saturated rings. The molecule has 0 bridgehead atoms. The van der Waals surface area contributed by atoms with Crippen LogP contribution in [0.3, 0.4) is 0 Å². The second-order valence-corrected chi connectivity index (χ2v) is 6.87. The molecule has 1 aromatic carbocycles. The van der Waals surface area contributed by atoms with Crippen LogP contribution >= 0.6 is 11.6 Å². The Morgan fingerprint density at radius 1 is 1.26 bits per heavy atom. The lowest BCUT2D eigenvalue weighted by atomic mass is 10.2. The van der Waals surface area contributed by atoms with Gasteiger partial charge < -0.3 is 24.2 Å². The van der Waals surface area contributed by atoms with Gasteiger partial charge in [-0.15, -0.1) is 0 Å². The molecule has 0 radical (unpaired) electrons. The number of hydrogen-bond donors (Lipinski definition) is 1. The molecule has 0 unspecified atom stereocenters. The second kappa shape index (κ2) is 8.06. The largest absolute Gasteiger partial charge is 0.454 e. The van der Waals surface area contributed by atoms with Gasteiger partial charge in [-0.1, -0.05) is 16.8 Å². The van der Waals surface area contributed by atoms with E-state index in [-0.39, 0.29) is 6.79 Å². The predicted octanol–water partition coefficient (Wildman–Crippen LogP) is 1.95. The fourth-order valence-corrected chi connectivity index (χ4v) is 3.59. The first kappa shape index (κ1) is 17.9. The van der Waals surface area contributed by atoms with Crippen LogP contribution in [0, 0.1) is 0 Å². The molecule has 0 atom stereocenters. The highest BCUT2D eigenvalue weighted by Gasteiger charge is 2.21. The van der Waals surface area contributed by atoms with Gasteiger partial charge in [0.25, 0.3) is 0 Å². The molecule has 1 saturated heterocycles. The standard InChI is InChI=1S/C18H22ClN5O3/c1-20-18(21-10-13-8-15(19)17-16(9-13)25-12-26-17)24-5-3-23(4-6-24)11-14-2-7-27-22-14/h2,7-9H,3-6,10-12H2,1H3,(H,20,21). The van der Waals surface area contributed by atoms with E-state index in [4.69, 9.17) is 25.6 Å². The van der Waals surface area contributed by atoms with Gasteiger partial charge in [-0.25, -0.2) is 0 Å². The number of guanidine groups is 1. The number of hydrogen-bond acceptors (Lipinski definition) is 6. The van der Waals surface area contributed by atoms with Gasteiger partial charge >= 0.3 is 0 Å². The first-order chi connectivity index (χ1) is 13.2. The van der Waals surface area contributed by atoms with E-state index in [9.17, 15) is 0 Å².